The molecule has 6 heteroatoms. The maximum absolute atomic E-state index is 12.2. The number of sulfonamides is 1. The molecule has 1 aromatic carbocycles. The summed E-state index contributed by atoms with van der Waals surface area (Å²) in [4.78, 5) is 0.167. The molecule has 0 radical (unpaired) electrons. The first-order valence-electron chi connectivity index (χ1n) is 6.57. The Hall–Kier alpha value is -1.63. The quantitative estimate of drug-likeness (QED) is 0.886. The predicted octanol–water partition coefficient (Wildman–Crippen LogP) is 2.08. The molecule has 2 aromatic rings. The molecule has 114 valence electrons. The Kier molecular flexibility index (Phi) is 4.22. The molecule has 0 fully saturated rings. The Morgan fingerprint density at radius 2 is 1.86 bits per heavy atom. The summed E-state index contributed by atoms with van der Waals surface area (Å²) in [6, 6.07) is 9.76. The van der Waals surface area contributed by atoms with Crippen molar-refractivity contribution in [2.24, 2.45) is 0 Å². The third-order valence-corrected chi connectivity index (χ3v) is 4.70. The van der Waals surface area contributed by atoms with Crippen LogP contribution in [0.4, 0.5) is 0 Å². The molecule has 1 heterocycles. The van der Waals surface area contributed by atoms with E-state index in [1.807, 2.05) is 0 Å². The lowest BCUT2D eigenvalue weighted by Gasteiger charge is -2.23. The van der Waals surface area contributed by atoms with Gasteiger partial charge in [-0.2, -0.15) is 0 Å². The molecule has 2 rings (SSSR count). The van der Waals surface area contributed by atoms with Gasteiger partial charge in [-0.1, -0.05) is 18.2 Å². The van der Waals surface area contributed by atoms with Crippen LogP contribution < -0.4 is 4.72 Å². The van der Waals surface area contributed by atoms with Gasteiger partial charge in [-0.05, 0) is 39.0 Å². The fourth-order valence-corrected chi connectivity index (χ4v) is 3.33. The maximum atomic E-state index is 12.2. The summed E-state index contributed by atoms with van der Waals surface area (Å²) >= 11 is 0. The number of benzene rings is 1. The van der Waals surface area contributed by atoms with E-state index in [9.17, 15) is 13.5 Å². The molecule has 5 nitrogen and oxygen atoms in total. The van der Waals surface area contributed by atoms with Crippen LogP contribution in [0.25, 0.3) is 0 Å². The Labute approximate surface area is 124 Å². The van der Waals surface area contributed by atoms with Crippen LogP contribution >= 0.6 is 0 Å². The number of hydrogen-bond acceptors (Lipinski definition) is 4. The third-order valence-electron chi connectivity index (χ3n) is 3.28. The van der Waals surface area contributed by atoms with Gasteiger partial charge in [-0.3, -0.25) is 0 Å². The van der Waals surface area contributed by atoms with E-state index in [1.165, 1.54) is 12.1 Å². The smallest absolute Gasteiger partial charge is 0.240 e. The van der Waals surface area contributed by atoms with Gasteiger partial charge in [0.1, 0.15) is 17.1 Å². The average Bonchev–Trinajstić information content (AvgIpc) is 2.78. The molecule has 1 atom stereocenters. The Morgan fingerprint density at radius 1 is 1.24 bits per heavy atom. The van der Waals surface area contributed by atoms with E-state index in [1.54, 1.807) is 45.0 Å². The van der Waals surface area contributed by atoms with Crippen molar-refractivity contribution < 1.29 is 17.9 Å². The second kappa shape index (κ2) is 5.63. The minimum atomic E-state index is -3.65. The van der Waals surface area contributed by atoms with Gasteiger partial charge >= 0.3 is 0 Å². The largest absolute Gasteiger partial charge is 0.466 e. The first-order chi connectivity index (χ1) is 9.72. The minimum Gasteiger partial charge on any atom is -0.466 e. The van der Waals surface area contributed by atoms with Crippen molar-refractivity contribution in [3.05, 3.63) is 53.5 Å². The topological polar surface area (TPSA) is 79.5 Å². The monoisotopic (exact) mass is 309 g/mol. The zero-order valence-corrected chi connectivity index (χ0v) is 13.1. The summed E-state index contributed by atoms with van der Waals surface area (Å²) in [6.45, 7) is 4.94. The zero-order chi connectivity index (χ0) is 15.7. The Balaban J connectivity index is 2.17. The van der Waals surface area contributed by atoms with Crippen LogP contribution in [0.3, 0.4) is 0 Å². The molecular formula is C15H19NO4S. The normalized spacial score (nSPS) is 14.9. The summed E-state index contributed by atoms with van der Waals surface area (Å²) in [6.07, 6.45) is 0. The first-order valence-corrected chi connectivity index (χ1v) is 8.05. The van der Waals surface area contributed by atoms with E-state index in [0.717, 1.165) is 0 Å². The molecule has 0 spiro atoms. The van der Waals surface area contributed by atoms with Gasteiger partial charge in [-0.25, -0.2) is 13.1 Å². The van der Waals surface area contributed by atoms with Crippen molar-refractivity contribution in [2.75, 3.05) is 6.54 Å². The van der Waals surface area contributed by atoms with Gasteiger partial charge in [0.25, 0.3) is 0 Å². The van der Waals surface area contributed by atoms with Crippen LogP contribution in [0, 0.1) is 13.8 Å². The molecule has 1 unspecified atom stereocenters. The number of rotatable bonds is 5. The van der Waals surface area contributed by atoms with Crippen LogP contribution in [0.5, 0.6) is 0 Å². The minimum absolute atomic E-state index is 0.135. The van der Waals surface area contributed by atoms with E-state index in [-0.39, 0.29) is 11.4 Å². The number of aliphatic hydroxyl groups is 1. The van der Waals surface area contributed by atoms with E-state index >= 15 is 0 Å². The highest BCUT2D eigenvalue weighted by Crippen LogP contribution is 2.26. The van der Waals surface area contributed by atoms with Crippen LogP contribution in [-0.4, -0.2) is 20.1 Å². The summed E-state index contributed by atoms with van der Waals surface area (Å²) in [5.41, 5.74) is -0.764. The molecule has 21 heavy (non-hydrogen) atoms. The van der Waals surface area contributed by atoms with Crippen molar-refractivity contribution in [3.8, 4) is 0 Å². The number of hydrogen-bond donors (Lipinski definition) is 2. The summed E-state index contributed by atoms with van der Waals surface area (Å²) in [5.74, 6) is 1.25. The van der Waals surface area contributed by atoms with E-state index in [4.69, 9.17) is 4.42 Å². The lowest BCUT2D eigenvalue weighted by Crippen LogP contribution is -2.38. The fraction of sp³-hybridized carbons (Fsp3) is 0.333. The first kappa shape index (κ1) is 15.8. The molecular weight excluding hydrogens is 290 g/mol. The van der Waals surface area contributed by atoms with Crippen LogP contribution in [-0.2, 0) is 15.6 Å². The van der Waals surface area contributed by atoms with Crippen molar-refractivity contribution in [2.45, 2.75) is 31.3 Å². The second-order valence-corrected chi connectivity index (χ2v) is 7.01. The van der Waals surface area contributed by atoms with Crippen molar-refractivity contribution in [1.82, 2.24) is 4.72 Å². The molecule has 0 bridgehead atoms. The molecule has 0 saturated heterocycles. The zero-order valence-electron chi connectivity index (χ0n) is 12.3. The standard InChI is InChI=1S/C15H19NO4S/c1-11-9-14(12(2)20-11)15(3,17)10-16-21(18,19)13-7-5-4-6-8-13/h4-9,16-17H,10H2,1-3H3. The Morgan fingerprint density at radius 3 is 2.38 bits per heavy atom. The molecule has 0 aliphatic carbocycles. The third kappa shape index (κ3) is 3.53. The van der Waals surface area contributed by atoms with Crippen LogP contribution in [0.2, 0.25) is 0 Å². The molecule has 0 aliphatic heterocycles. The summed E-state index contributed by atoms with van der Waals surface area (Å²) in [7, 11) is -3.65. The van der Waals surface area contributed by atoms with E-state index in [0.29, 0.717) is 17.1 Å². The van der Waals surface area contributed by atoms with Gasteiger partial charge in [0.2, 0.25) is 10.0 Å². The molecule has 2 N–H and O–H groups in total. The second-order valence-electron chi connectivity index (χ2n) is 5.24. The summed E-state index contributed by atoms with van der Waals surface area (Å²) < 4.78 is 32.1. The highest BCUT2D eigenvalue weighted by atomic mass is 32.2. The molecule has 0 aliphatic rings. The van der Waals surface area contributed by atoms with Gasteiger partial charge in [0.05, 0.1) is 4.90 Å². The van der Waals surface area contributed by atoms with E-state index < -0.39 is 15.6 Å². The number of nitrogens with one attached hydrogen (secondary N) is 1. The highest BCUT2D eigenvalue weighted by molar-refractivity contribution is 7.89. The van der Waals surface area contributed by atoms with Crippen molar-refractivity contribution >= 4 is 10.0 Å². The SMILES string of the molecule is Cc1cc(C(C)(O)CNS(=O)(=O)c2ccccc2)c(C)o1. The molecule has 0 saturated carbocycles. The van der Waals surface area contributed by atoms with Crippen molar-refractivity contribution in [3.63, 3.8) is 0 Å². The highest BCUT2D eigenvalue weighted by Gasteiger charge is 2.29. The fourth-order valence-electron chi connectivity index (χ4n) is 2.18. The number of furan rings is 1. The summed E-state index contributed by atoms with van der Waals surface area (Å²) in [5, 5.41) is 10.5. The van der Waals surface area contributed by atoms with E-state index in [2.05, 4.69) is 4.72 Å². The van der Waals surface area contributed by atoms with Crippen LogP contribution in [0.1, 0.15) is 24.0 Å². The lowest BCUT2D eigenvalue weighted by molar-refractivity contribution is 0.0612. The molecule has 1 aromatic heterocycles. The van der Waals surface area contributed by atoms with Gasteiger partial charge in [0, 0.05) is 12.1 Å². The number of aryl methyl sites for hydroxylation is 2. The van der Waals surface area contributed by atoms with Crippen molar-refractivity contribution in [1.29, 1.82) is 0 Å². The predicted molar refractivity (Wildman–Crippen MR) is 79.4 cm³/mol. The van der Waals surface area contributed by atoms with Crippen LogP contribution in [0.15, 0.2) is 45.7 Å². The van der Waals surface area contributed by atoms with Gasteiger partial charge in [-0.15, -0.1) is 0 Å². The Bertz CT molecular complexity index is 717. The maximum Gasteiger partial charge on any atom is 0.240 e. The lowest BCUT2D eigenvalue weighted by atomic mass is 9.97. The average molecular weight is 309 g/mol. The van der Waals surface area contributed by atoms with Gasteiger partial charge in [0.15, 0.2) is 0 Å². The molecule has 0 amide bonds. The van der Waals surface area contributed by atoms with Gasteiger partial charge < -0.3 is 9.52 Å².